The number of benzene rings is 2. The molecule has 2 aromatic rings. The van der Waals surface area contributed by atoms with Crippen LogP contribution in [0.5, 0.6) is 11.5 Å². The van der Waals surface area contributed by atoms with Gasteiger partial charge in [0.1, 0.15) is 0 Å². The van der Waals surface area contributed by atoms with Crippen LogP contribution in [0.25, 0.3) is 0 Å². The van der Waals surface area contributed by atoms with Gasteiger partial charge in [0.2, 0.25) is 5.91 Å². The summed E-state index contributed by atoms with van der Waals surface area (Å²) in [6.07, 6.45) is 0.167. The van der Waals surface area contributed by atoms with Gasteiger partial charge in [-0.15, -0.1) is 0 Å². The highest BCUT2D eigenvalue weighted by atomic mass is 16.5. The van der Waals surface area contributed by atoms with E-state index in [9.17, 15) is 9.59 Å². The Labute approximate surface area is 200 Å². The van der Waals surface area contributed by atoms with Crippen LogP contribution < -0.4 is 14.8 Å². The van der Waals surface area contributed by atoms with E-state index in [1.165, 1.54) is 0 Å². The first-order valence-corrected chi connectivity index (χ1v) is 11.9. The van der Waals surface area contributed by atoms with Crippen LogP contribution in [0.1, 0.15) is 40.9 Å². The number of carbonyl (C=O) groups is 2. The van der Waals surface area contributed by atoms with E-state index >= 15 is 0 Å². The lowest BCUT2D eigenvalue weighted by atomic mass is 10.0. The molecule has 2 amide bonds. The van der Waals surface area contributed by atoms with Crippen molar-refractivity contribution in [3.8, 4) is 11.5 Å². The van der Waals surface area contributed by atoms with Gasteiger partial charge < -0.3 is 24.4 Å². The maximum atomic E-state index is 13.3. The molecule has 2 aliphatic heterocycles. The van der Waals surface area contributed by atoms with Crippen LogP contribution in [0.3, 0.4) is 0 Å². The third kappa shape index (κ3) is 5.51. The summed E-state index contributed by atoms with van der Waals surface area (Å²) < 4.78 is 16.6. The lowest BCUT2D eigenvalue weighted by Crippen LogP contribution is -2.42. The van der Waals surface area contributed by atoms with Gasteiger partial charge in [0.25, 0.3) is 5.91 Å². The van der Waals surface area contributed by atoms with Gasteiger partial charge in [-0.2, -0.15) is 0 Å². The number of hydrogen-bond donors (Lipinski definition) is 1. The lowest BCUT2D eigenvalue weighted by Gasteiger charge is -2.29. The van der Waals surface area contributed by atoms with Gasteiger partial charge in [-0.1, -0.05) is 24.3 Å². The van der Waals surface area contributed by atoms with E-state index in [0.29, 0.717) is 36.8 Å². The average molecular weight is 468 g/mol. The molecule has 1 fully saturated rings. The Kier molecular flexibility index (Phi) is 8.03. The van der Waals surface area contributed by atoms with Crippen molar-refractivity contribution in [1.29, 1.82) is 0 Å². The predicted octanol–water partition coefficient (Wildman–Crippen LogP) is 2.63. The first kappa shape index (κ1) is 24.0. The molecule has 0 spiro atoms. The zero-order valence-corrected chi connectivity index (χ0v) is 19.9. The first-order chi connectivity index (χ1) is 16.6. The molecule has 1 N–H and O–H groups in total. The molecule has 2 aliphatic rings. The second kappa shape index (κ2) is 11.4. The number of nitrogens with zero attached hydrogens (tertiary/aromatic N) is 2. The topological polar surface area (TPSA) is 80.3 Å². The molecule has 8 nitrogen and oxygen atoms in total. The summed E-state index contributed by atoms with van der Waals surface area (Å²) in [5.74, 6) is 1.07. The lowest BCUT2D eigenvalue weighted by molar-refractivity contribution is -0.122. The smallest absolute Gasteiger partial charge is 0.255 e. The van der Waals surface area contributed by atoms with E-state index in [-0.39, 0.29) is 18.2 Å². The molecule has 182 valence electrons. The van der Waals surface area contributed by atoms with Gasteiger partial charge in [0, 0.05) is 38.3 Å². The third-order valence-corrected chi connectivity index (χ3v) is 6.33. The Bertz CT molecular complexity index is 1010. The van der Waals surface area contributed by atoms with E-state index in [1.54, 1.807) is 12.0 Å². The zero-order chi connectivity index (χ0) is 23.9. The number of carbonyl (C=O) groups excluding carboxylic acids is 2. The second-order valence-corrected chi connectivity index (χ2v) is 8.46. The van der Waals surface area contributed by atoms with Gasteiger partial charge in [0.15, 0.2) is 11.5 Å². The number of amides is 2. The van der Waals surface area contributed by atoms with Gasteiger partial charge in [0.05, 0.1) is 39.4 Å². The minimum Gasteiger partial charge on any atom is -0.493 e. The highest BCUT2D eigenvalue weighted by Crippen LogP contribution is 2.37. The molecule has 2 heterocycles. The number of hydrogen-bond acceptors (Lipinski definition) is 6. The monoisotopic (exact) mass is 467 g/mol. The number of morpholine rings is 1. The number of rotatable bonds is 10. The minimum atomic E-state index is -0.423. The van der Waals surface area contributed by atoms with Crippen LogP contribution in [-0.2, 0) is 16.1 Å². The summed E-state index contributed by atoms with van der Waals surface area (Å²) >= 11 is 0. The minimum absolute atomic E-state index is 0.0606. The van der Waals surface area contributed by atoms with Crippen molar-refractivity contribution >= 4 is 11.8 Å². The molecule has 34 heavy (non-hydrogen) atoms. The van der Waals surface area contributed by atoms with Crippen molar-refractivity contribution in [2.45, 2.75) is 25.9 Å². The van der Waals surface area contributed by atoms with Crippen molar-refractivity contribution in [3.05, 3.63) is 59.2 Å². The fourth-order valence-electron chi connectivity index (χ4n) is 4.53. The quantitative estimate of drug-likeness (QED) is 0.579. The molecule has 1 atom stereocenters. The third-order valence-electron chi connectivity index (χ3n) is 6.33. The molecule has 4 rings (SSSR count). The predicted molar refractivity (Wildman–Crippen MR) is 128 cm³/mol. The van der Waals surface area contributed by atoms with Crippen LogP contribution in [0, 0.1) is 0 Å². The molecule has 8 heteroatoms. The summed E-state index contributed by atoms with van der Waals surface area (Å²) in [6, 6.07) is 12.8. The normalized spacial score (nSPS) is 16.8. The molecule has 0 saturated carbocycles. The number of nitrogens with one attached hydrogen (secondary N) is 1. The summed E-state index contributed by atoms with van der Waals surface area (Å²) in [5.41, 5.74) is 2.51. The fourth-order valence-corrected chi connectivity index (χ4v) is 4.53. The standard InChI is InChI=1S/C26H33N3O5/c1-3-34-23-9-8-19(16-24(23)32-2)22(29-18-20-6-4-5-7-21(20)26(29)31)17-25(30)27-10-11-28-12-14-33-15-13-28/h4-9,16,22H,3,10-15,17-18H2,1-2H3,(H,27,30). The van der Waals surface area contributed by atoms with Crippen LogP contribution in [0.4, 0.5) is 0 Å². The fraction of sp³-hybridized carbons (Fsp3) is 0.462. The van der Waals surface area contributed by atoms with Crippen molar-refractivity contribution in [1.82, 2.24) is 15.1 Å². The van der Waals surface area contributed by atoms with Crippen LogP contribution >= 0.6 is 0 Å². The molecule has 1 unspecified atom stereocenters. The molecular weight excluding hydrogens is 434 g/mol. The van der Waals surface area contributed by atoms with Gasteiger partial charge in [-0.3, -0.25) is 14.5 Å². The zero-order valence-electron chi connectivity index (χ0n) is 19.9. The van der Waals surface area contributed by atoms with E-state index in [2.05, 4.69) is 10.2 Å². The summed E-state index contributed by atoms with van der Waals surface area (Å²) in [7, 11) is 1.59. The molecule has 2 aromatic carbocycles. The molecule has 1 saturated heterocycles. The van der Waals surface area contributed by atoms with E-state index < -0.39 is 6.04 Å². The van der Waals surface area contributed by atoms with Gasteiger partial charge >= 0.3 is 0 Å². The van der Waals surface area contributed by atoms with E-state index in [4.69, 9.17) is 14.2 Å². The van der Waals surface area contributed by atoms with E-state index in [0.717, 1.165) is 44.0 Å². The Hall–Kier alpha value is -3.10. The average Bonchev–Trinajstić information content (AvgIpc) is 3.20. The maximum absolute atomic E-state index is 13.3. The van der Waals surface area contributed by atoms with Crippen molar-refractivity contribution < 1.29 is 23.8 Å². The van der Waals surface area contributed by atoms with Crippen molar-refractivity contribution in [2.24, 2.45) is 0 Å². The van der Waals surface area contributed by atoms with Crippen molar-refractivity contribution in [2.75, 3.05) is 53.1 Å². The molecule has 0 aromatic heterocycles. The van der Waals surface area contributed by atoms with E-state index in [1.807, 2.05) is 49.4 Å². The summed E-state index contributed by atoms with van der Waals surface area (Å²) in [6.45, 7) is 7.46. The Balaban J connectivity index is 1.51. The van der Waals surface area contributed by atoms with Crippen LogP contribution in [0.15, 0.2) is 42.5 Å². The number of methoxy groups -OCH3 is 1. The summed E-state index contributed by atoms with van der Waals surface area (Å²) in [4.78, 5) is 30.3. The second-order valence-electron chi connectivity index (χ2n) is 8.46. The van der Waals surface area contributed by atoms with Crippen molar-refractivity contribution in [3.63, 3.8) is 0 Å². The Morgan fingerprint density at radius 3 is 2.68 bits per heavy atom. The Morgan fingerprint density at radius 1 is 1.15 bits per heavy atom. The summed E-state index contributed by atoms with van der Waals surface area (Å²) in [5, 5.41) is 3.03. The molecule has 0 aliphatic carbocycles. The number of ether oxygens (including phenoxy) is 3. The molecule has 0 radical (unpaired) electrons. The highest BCUT2D eigenvalue weighted by molar-refractivity contribution is 5.98. The van der Waals surface area contributed by atoms with Gasteiger partial charge in [-0.25, -0.2) is 0 Å². The number of fused-ring (bicyclic) bond motifs is 1. The molecular formula is C26H33N3O5. The molecule has 0 bridgehead atoms. The largest absolute Gasteiger partial charge is 0.493 e. The van der Waals surface area contributed by atoms with Gasteiger partial charge in [-0.05, 0) is 36.2 Å². The van der Waals surface area contributed by atoms with Crippen LogP contribution in [-0.4, -0.2) is 74.7 Å². The highest BCUT2D eigenvalue weighted by Gasteiger charge is 2.34. The Morgan fingerprint density at radius 2 is 1.94 bits per heavy atom. The van der Waals surface area contributed by atoms with Crippen LogP contribution in [0.2, 0.25) is 0 Å². The first-order valence-electron chi connectivity index (χ1n) is 11.9. The maximum Gasteiger partial charge on any atom is 0.255 e. The SMILES string of the molecule is CCOc1ccc(C(CC(=O)NCCN2CCOCC2)N2Cc3ccccc3C2=O)cc1OC.